The molecule has 8 heteroatoms. The molecule has 0 radical (unpaired) electrons. The highest BCUT2D eigenvalue weighted by atomic mass is 32.1. The second kappa shape index (κ2) is 9.57. The zero-order valence-corrected chi connectivity index (χ0v) is 20.7. The first-order valence-corrected chi connectivity index (χ1v) is 13.6. The number of piperazine rings is 1. The number of fused-ring (bicyclic) bond motifs is 3. The molecule has 0 spiro atoms. The standard InChI is InChI=1S/C26H34N4O3S/c31-25(29-10-8-28(9-11-29)20-2-1-3-20)18-27-7-6-21-22-16-19(4-5-23(22)34-24(21)17-27)26(32)30-12-14-33-15-13-30/h4-5,16,20H,1-3,6-15,17-18H2. The van der Waals surface area contributed by atoms with Crippen molar-refractivity contribution < 1.29 is 14.3 Å². The van der Waals surface area contributed by atoms with Gasteiger partial charge in [-0.1, -0.05) is 6.42 Å². The van der Waals surface area contributed by atoms with Gasteiger partial charge in [-0.2, -0.15) is 0 Å². The molecule has 1 aromatic carbocycles. The van der Waals surface area contributed by atoms with E-state index in [0.717, 1.165) is 57.3 Å². The van der Waals surface area contributed by atoms with Crippen LogP contribution in [-0.2, 0) is 22.5 Å². The topological polar surface area (TPSA) is 56.3 Å². The number of carbonyl (C=O) groups is 2. The van der Waals surface area contributed by atoms with Crippen LogP contribution in [0, 0.1) is 0 Å². The quantitative estimate of drug-likeness (QED) is 0.670. The Morgan fingerprint density at radius 3 is 2.50 bits per heavy atom. The fourth-order valence-corrected chi connectivity index (χ4v) is 7.03. The molecule has 0 atom stereocenters. The Morgan fingerprint density at radius 1 is 0.971 bits per heavy atom. The molecule has 1 saturated carbocycles. The summed E-state index contributed by atoms with van der Waals surface area (Å²) in [7, 11) is 0. The van der Waals surface area contributed by atoms with Gasteiger partial charge in [0.25, 0.3) is 5.91 Å². The Hall–Kier alpha value is -2.00. The normalized spacial score (nSPS) is 22.6. The van der Waals surface area contributed by atoms with Crippen molar-refractivity contribution in [3.63, 3.8) is 0 Å². The molecule has 0 unspecified atom stereocenters. The van der Waals surface area contributed by atoms with E-state index in [1.54, 1.807) is 0 Å². The van der Waals surface area contributed by atoms with Crippen molar-refractivity contribution in [1.29, 1.82) is 0 Å². The SMILES string of the molecule is O=C(CN1CCc2c(sc3ccc(C(=O)N4CCOCC4)cc23)C1)N1CCN(C2CCC2)CC1. The number of hydrogen-bond donors (Lipinski definition) is 0. The summed E-state index contributed by atoms with van der Waals surface area (Å²) in [6.07, 6.45) is 4.97. The molecule has 0 bridgehead atoms. The van der Waals surface area contributed by atoms with E-state index >= 15 is 0 Å². The third kappa shape index (κ3) is 4.37. The number of thiophene rings is 1. The van der Waals surface area contributed by atoms with Gasteiger partial charge in [0.15, 0.2) is 0 Å². The predicted molar refractivity (Wildman–Crippen MR) is 133 cm³/mol. The van der Waals surface area contributed by atoms with E-state index in [4.69, 9.17) is 4.74 Å². The second-order valence-corrected chi connectivity index (χ2v) is 11.2. The molecule has 3 aliphatic heterocycles. The summed E-state index contributed by atoms with van der Waals surface area (Å²) < 4.78 is 6.63. The third-order valence-corrected chi connectivity index (χ3v) is 9.28. The maximum atomic E-state index is 13.0. The molecule has 3 fully saturated rings. The van der Waals surface area contributed by atoms with Gasteiger partial charge in [-0.3, -0.25) is 19.4 Å². The van der Waals surface area contributed by atoms with Gasteiger partial charge in [-0.05, 0) is 48.4 Å². The lowest BCUT2D eigenvalue weighted by Gasteiger charge is -2.43. The van der Waals surface area contributed by atoms with E-state index in [-0.39, 0.29) is 11.8 Å². The van der Waals surface area contributed by atoms with E-state index < -0.39 is 0 Å². The lowest BCUT2D eigenvalue weighted by atomic mass is 9.91. The lowest BCUT2D eigenvalue weighted by Crippen LogP contribution is -2.55. The molecule has 2 amide bonds. The number of ether oxygens (including phenoxy) is 1. The van der Waals surface area contributed by atoms with Crippen LogP contribution in [0.2, 0.25) is 0 Å². The average molecular weight is 483 g/mol. The zero-order chi connectivity index (χ0) is 23.1. The van der Waals surface area contributed by atoms with Gasteiger partial charge in [0.1, 0.15) is 0 Å². The van der Waals surface area contributed by atoms with Crippen LogP contribution in [0.15, 0.2) is 18.2 Å². The highest BCUT2D eigenvalue weighted by Gasteiger charge is 2.30. The summed E-state index contributed by atoms with van der Waals surface area (Å²) in [5.41, 5.74) is 2.14. The van der Waals surface area contributed by atoms with Crippen molar-refractivity contribution in [3.8, 4) is 0 Å². The Bertz CT molecular complexity index is 1070. The summed E-state index contributed by atoms with van der Waals surface area (Å²) in [6, 6.07) is 6.93. The molecule has 2 aromatic rings. The Kier molecular flexibility index (Phi) is 6.32. The maximum absolute atomic E-state index is 13.0. The first kappa shape index (κ1) is 22.5. The minimum absolute atomic E-state index is 0.102. The molecule has 2 saturated heterocycles. The van der Waals surface area contributed by atoms with Crippen LogP contribution in [0.5, 0.6) is 0 Å². The Labute approximate surface area is 205 Å². The average Bonchev–Trinajstić information content (AvgIpc) is 3.20. The molecular formula is C26H34N4O3S. The van der Waals surface area contributed by atoms with Crippen molar-refractivity contribution in [2.45, 2.75) is 38.3 Å². The van der Waals surface area contributed by atoms with Crippen LogP contribution in [0.3, 0.4) is 0 Å². The predicted octanol–water partition coefficient (Wildman–Crippen LogP) is 2.43. The summed E-state index contributed by atoms with van der Waals surface area (Å²) in [5, 5.41) is 1.22. The molecule has 182 valence electrons. The highest BCUT2D eigenvalue weighted by Crippen LogP contribution is 2.36. The van der Waals surface area contributed by atoms with E-state index in [9.17, 15) is 9.59 Å². The van der Waals surface area contributed by atoms with Crippen LogP contribution in [-0.4, -0.2) is 103 Å². The minimum atomic E-state index is 0.102. The number of carbonyl (C=O) groups excluding carboxylic acids is 2. The first-order valence-electron chi connectivity index (χ1n) is 12.8. The Balaban J connectivity index is 1.09. The molecule has 34 heavy (non-hydrogen) atoms. The van der Waals surface area contributed by atoms with E-state index in [0.29, 0.717) is 32.8 Å². The van der Waals surface area contributed by atoms with Gasteiger partial charge in [-0.25, -0.2) is 0 Å². The number of hydrogen-bond acceptors (Lipinski definition) is 6. The van der Waals surface area contributed by atoms with Gasteiger partial charge >= 0.3 is 0 Å². The Morgan fingerprint density at radius 2 is 1.76 bits per heavy atom. The minimum Gasteiger partial charge on any atom is -0.378 e. The number of rotatable bonds is 4. The smallest absolute Gasteiger partial charge is 0.254 e. The van der Waals surface area contributed by atoms with E-state index in [1.807, 2.05) is 22.3 Å². The molecule has 6 rings (SSSR count). The molecule has 0 N–H and O–H groups in total. The molecule has 7 nitrogen and oxygen atoms in total. The van der Waals surface area contributed by atoms with Gasteiger partial charge in [-0.15, -0.1) is 11.3 Å². The first-order chi connectivity index (χ1) is 16.7. The molecule has 4 aliphatic rings. The molecule has 1 aliphatic carbocycles. The molecule has 1 aromatic heterocycles. The van der Waals surface area contributed by atoms with Crippen molar-refractivity contribution in [2.75, 3.05) is 65.6 Å². The molecular weight excluding hydrogens is 448 g/mol. The van der Waals surface area contributed by atoms with Crippen LogP contribution >= 0.6 is 11.3 Å². The van der Waals surface area contributed by atoms with Crippen molar-refractivity contribution in [1.82, 2.24) is 19.6 Å². The van der Waals surface area contributed by atoms with Gasteiger partial charge < -0.3 is 14.5 Å². The van der Waals surface area contributed by atoms with Gasteiger partial charge in [0.05, 0.1) is 19.8 Å². The summed E-state index contributed by atoms with van der Waals surface area (Å²) in [5.74, 6) is 0.377. The molecule has 4 heterocycles. The van der Waals surface area contributed by atoms with E-state index in [2.05, 4.69) is 26.8 Å². The van der Waals surface area contributed by atoms with Crippen LogP contribution in [0.25, 0.3) is 10.1 Å². The van der Waals surface area contributed by atoms with Gasteiger partial charge in [0.2, 0.25) is 5.91 Å². The second-order valence-electron chi connectivity index (χ2n) is 10.1. The zero-order valence-electron chi connectivity index (χ0n) is 19.8. The number of morpholine rings is 1. The fourth-order valence-electron chi connectivity index (χ4n) is 5.75. The summed E-state index contributed by atoms with van der Waals surface area (Å²) in [4.78, 5) is 36.1. The van der Waals surface area contributed by atoms with Crippen molar-refractivity contribution in [3.05, 3.63) is 34.2 Å². The van der Waals surface area contributed by atoms with Crippen LogP contribution < -0.4 is 0 Å². The highest BCUT2D eigenvalue weighted by molar-refractivity contribution is 7.19. The third-order valence-electron chi connectivity index (χ3n) is 8.08. The number of nitrogens with zero attached hydrogens (tertiary/aromatic N) is 4. The number of benzene rings is 1. The van der Waals surface area contributed by atoms with Crippen LogP contribution in [0.1, 0.15) is 40.1 Å². The fraction of sp³-hybridized carbons (Fsp3) is 0.615. The largest absolute Gasteiger partial charge is 0.378 e. The maximum Gasteiger partial charge on any atom is 0.254 e. The summed E-state index contributed by atoms with van der Waals surface area (Å²) >= 11 is 1.82. The monoisotopic (exact) mass is 482 g/mol. The van der Waals surface area contributed by atoms with Crippen LogP contribution in [0.4, 0.5) is 0 Å². The van der Waals surface area contributed by atoms with Crippen molar-refractivity contribution in [2.24, 2.45) is 0 Å². The number of amides is 2. The summed E-state index contributed by atoms with van der Waals surface area (Å²) in [6.45, 7) is 8.61. The lowest BCUT2D eigenvalue weighted by molar-refractivity contribution is -0.135. The van der Waals surface area contributed by atoms with E-state index in [1.165, 1.54) is 39.8 Å². The van der Waals surface area contributed by atoms with Gasteiger partial charge in [0, 0.05) is 73.5 Å². The van der Waals surface area contributed by atoms with Crippen molar-refractivity contribution >= 4 is 33.2 Å².